The van der Waals surface area contributed by atoms with Gasteiger partial charge in [0.05, 0.1) is 11.7 Å². The van der Waals surface area contributed by atoms with E-state index in [-0.39, 0.29) is 11.6 Å². The van der Waals surface area contributed by atoms with E-state index < -0.39 is 17.7 Å². The molecule has 1 aromatic heterocycles. The second kappa shape index (κ2) is 7.23. The van der Waals surface area contributed by atoms with E-state index in [2.05, 4.69) is 15.2 Å². The third-order valence-electron chi connectivity index (χ3n) is 4.12. The van der Waals surface area contributed by atoms with Crippen molar-refractivity contribution in [2.75, 3.05) is 36.4 Å². The number of carbonyl (C=O) groups is 1. The quantitative estimate of drug-likeness (QED) is 0.919. The Balaban J connectivity index is 1.56. The minimum atomic E-state index is -0.774. The van der Waals surface area contributed by atoms with Crippen molar-refractivity contribution in [1.29, 1.82) is 0 Å². The summed E-state index contributed by atoms with van der Waals surface area (Å²) in [7, 11) is 0. The normalized spacial score (nSPS) is 16.9. The second-order valence-electron chi connectivity index (χ2n) is 5.63. The molecule has 0 spiro atoms. The molecule has 3 rings (SSSR count). The van der Waals surface area contributed by atoms with Gasteiger partial charge in [-0.3, -0.25) is 9.69 Å². The van der Waals surface area contributed by atoms with Crippen molar-refractivity contribution in [1.82, 2.24) is 9.88 Å². The summed E-state index contributed by atoms with van der Waals surface area (Å²) in [5.41, 5.74) is -0.00493. The number of hydrogen-bond donors (Lipinski definition) is 1. The molecule has 0 aliphatic carbocycles. The van der Waals surface area contributed by atoms with Gasteiger partial charge in [-0.05, 0) is 19.1 Å². The van der Waals surface area contributed by atoms with E-state index in [1.807, 2.05) is 10.3 Å². The minimum absolute atomic E-state index is 0.00493. The van der Waals surface area contributed by atoms with Gasteiger partial charge in [-0.15, -0.1) is 11.3 Å². The number of nitrogens with zero attached hydrogens (tertiary/aromatic N) is 3. The van der Waals surface area contributed by atoms with E-state index >= 15 is 0 Å². The second-order valence-corrected chi connectivity index (χ2v) is 6.50. The largest absolute Gasteiger partial charge is 0.346 e. The molecule has 0 radical (unpaired) electrons. The molecule has 24 heavy (non-hydrogen) atoms. The molecule has 5 nitrogen and oxygen atoms in total. The average molecular weight is 352 g/mol. The van der Waals surface area contributed by atoms with Gasteiger partial charge in [0.25, 0.3) is 0 Å². The van der Waals surface area contributed by atoms with E-state index in [9.17, 15) is 13.6 Å². The van der Waals surface area contributed by atoms with Crippen LogP contribution in [0.2, 0.25) is 0 Å². The lowest BCUT2D eigenvalue weighted by Crippen LogP contribution is -2.52. The van der Waals surface area contributed by atoms with E-state index in [1.165, 1.54) is 6.07 Å². The van der Waals surface area contributed by atoms with Crippen LogP contribution < -0.4 is 10.2 Å². The molecule has 1 aliphatic heterocycles. The van der Waals surface area contributed by atoms with Crippen LogP contribution in [-0.2, 0) is 4.79 Å². The molecular formula is C16H18F2N4OS. The van der Waals surface area contributed by atoms with Gasteiger partial charge in [0.15, 0.2) is 5.13 Å². The molecule has 1 fully saturated rings. The Kier molecular flexibility index (Phi) is 5.06. The number of piperazine rings is 1. The molecule has 2 heterocycles. The maximum atomic E-state index is 13.6. The predicted molar refractivity (Wildman–Crippen MR) is 90.3 cm³/mol. The van der Waals surface area contributed by atoms with Crippen LogP contribution in [0.1, 0.15) is 6.92 Å². The van der Waals surface area contributed by atoms with Crippen molar-refractivity contribution < 1.29 is 13.6 Å². The van der Waals surface area contributed by atoms with Crippen LogP contribution in [0, 0.1) is 11.6 Å². The first kappa shape index (κ1) is 16.8. The summed E-state index contributed by atoms with van der Waals surface area (Å²) in [5.74, 6) is -1.75. The fourth-order valence-electron chi connectivity index (χ4n) is 2.67. The van der Waals surface area contributed by atoms with Crippen molar-refractivity contribution in [2.45, 2.75) is 13.0 Å². The van der Waals surface area contributed by atoms with Gasteiger partial charge in [0.1, 0.15) is 11.6 Å². The topological polar surface area (TPSA) is 48.5 Å². The molecule has 1 N–H and O–H groups in total. The molecule has 128 valence electrons. The Bertz CT molecular complexity index is 702. The number of anilines is 2. The van der Waals surface area contributed by atoms with Crippen LogP contribution in [0.4, 0.5) is 19.6 Å². The Labute approximate surface area is 142 Å². The lowest BCUT2D eigenvalue weighted by Gasteiger charge is -2.37. The van der Waals surface area contributed by atoms with Crippen LogP contribution in [0.5, 0.6) is 0 Å². The number of rotatable bonds is 4. The van der Waals surface area contributed by atoms with Crippen molar-refractivity contribution >= 4 is 28.1 Å². The molecule has 2 aromatic rings. The standard InChI is InChI=1S/C16H18F2N4OS/c1-11(15(23)20-14-3-2-12(17)10-13(14)18)21-5-7-22(8-6-21)16-19-4-9-24-16/h2-4,9-11H,5-8H2,1H3,(H,20,23). The lowest BCUT2D eigenvalue weighted by atomic mass is 10.2. The van der Waals surface area contributed by atoms with Crippen molar-refractivity contribution in [3.8, 4) is 0 Å². The molecular weight excluding hydrogens is 334 g/mol. The third-order valence-corrected chi connectivity index (χ3v) is 4.95. The fourth-order valence-corrected chi connectivity index (χ4v) is 3.36. The third kappa shape index (κ3) is 3.70. The first-order chi connectivity index (χ1) is 11.5. The van der Waals surface area contributed by atoms with Crippen molar-refractivity contribution in [3.63, 3.8) is 0 Å². The summed E-state index contributed by atoms with van der Waals surface area (Å²) in [6.07, 6.45) is 1.78. The summed E-state index contributed by atoms with van der Waals surface area (Å²) in [6, 6.07) is 2.71. The van der Waals surface area contributed by atoms with Gasteiger partial charge >= 0.3 is 0 Å². The maximum Gasteiger partial charge on any atom is 0.241 e. The van der Waals surface area contributed by atoms with Gasteiger partial charge in [0, 0.05) is 43.8 Å². The number of thiazole rings is 1. The zero-order chi connectivity index (χ0) is 17.1. The first-order valence-corrected chi connectivity index (χ1v) is 8.57. The molecule has 1 aromatic carbocycles. The maximum absolute atomic E-state index is 13.6. The number of amides is 1. The zero-order valence-corrected chi connectivity index (χ0v) is 14.0. The van der Waals surface area contributed by atoms with E-state index in [1.54, 1.807) is 24.5 Å². The predicted octanol–water partition coefficient (Wildman–Crippen LogP) is 2.57. The summed E-state index contributed by atoms with van der Waals surface area (Å²) in [5, 5.41) is 5.45. The Morgan fingerprint density at radius 3 is 2.67 bits per heavy atom. The van der Waals surface area contributed by atoms with E-state index in [0.29, 0.717) is 0 Å². The van der Waals surface area contributed by atoms with Crippen molar-refractivity contribution in [3.05, 3.63) is 41.4 Å². The average Bonchev–Trinajstić information content (AvgIpc) is 3.11. The van der Waals surface area contributed by atoms with Gasteiger partial charge in [-0.2, -0.15) is 0 Å². The number of benzene rings is 1. The Hall–Kier alpha value is -2.06. The minimum Gasteiger partial charge on any atom is -0.346 e. The molecule has 1 aliphatic rings. The number of nitrogens with one attached hydrogen (secondary N) is 1. The molecule has 1 amide bonds. The summed E-state index contributed by atoms with van der Waals surface area (Å²) >= 11 is 1.59. The first-order valence-electron chi connectivity index (χ1n) is 7.69. The fraction of sp³-hybridized carbons (Fsp3) is 0.375. The smallest absolute Gasteiger partial charge is 0.241 e. The van der Waals surface area contributed by atoms with E-state index in [0.717, 1.165) is 43.4 Å². The number of hydrogen-bond acceptors (Lipinski definition) is 5. The molecule has 1 saturated heterocycles. The zero-order valence-electron chi connectivity index (χ0n) is 13.2. The molecule has 1 atom stereocenters. The molecule has 8 heteroatoms. The highest BCUT2D eigenvalue weighted by Crippen LogP contribution is 2.20. The molecule has 0 saturated carbocycles. The lowest BCUT2D eigenvalue weighted by molar-refractivity contribution is -0.120. The van der Waals surface area contributed by atoms with Crippen LogP contribution >= 0.6 is 11.3 Å². The van der Waals surface area contributed by atoms with E-state index in [4.69, 9.17) is 0 Å². The summed E-state index contributed by atoms with van der Waals surface area (Å²) < 4.78 is 26.6. The highest BCUT2D eigenvalue weighted by Gasteiger charge is 2.26. The van der Waals surface area contributed by atoms with Crippen LogP contribution in [0.25, 0.3) is 0 Å². The molecule has 1 unspecified atom stereocenters. The monoisotopic (exact) mass is 352 g/mol. The van der Waals surface area contributed by atoms with Gasteiger partial charge in [-0.25, -0.2) is 13.8 Å². The van der Waals surface area contributed by atoms with Crippen LogP contribution in [0.15, 0.2) is 29.8 Å². The van der Waals surface area contributed by atoms with Crippen LogP contribution in [-0.4, -0.2) is 48.0 Å². The highest BCUT2D eigenvalue weighted by molar-refractivity contribution is 7.13. The Morgan fingerprint density at radius 1 is 1.29 bits per heavy atom. The summed E-state index contributed by atoms with van der Waals surface area (Å²) in [4.78, 5) is 20.8. The van der Waals surface area contributed by atoms with Gasteiger partial charge < -0.3 is 10.2 Å². The highest BCUT2D eigenvalue weighted by atomic mass is 32.1. The number of aromatic nitrogens is 1. The number of halogens is 2. The Morgan fingerprint density at radius 2 is 2.04 bits per heavy atom. The number of carbonyl (C=O) groups excluding carboxylic acids is 1. The van der Waals surface area contributed by atoms with Gasteiger partial charge in [0.2, 0.25) is 5.91 Å². The summed E-state index contributed by atoms with van der Waals surface area (Å²) in [6.45, 7) is 4.81. The van der Waals surface area contributed by atoms with Crippen molar-refractivity contribution in [2.24, 2.45) is 0 Å². The van der Waals surface area contributed by atoms with Gasteiger partial charge in [-0.1, -0.05) is 0 Å². The molecule has 0 bridgehead atoms. The SMILES string of the molecule is CC(C(=O)Nc1ccc(F)cc1F)N1CCN(c2nccs2)CC1. The van der Waals surface area contributed by atoms with Crippen LogP contribution in [0.3, 0.4) is 0 Å².